The number of nitrogens with one attached hydrogen (secondary N) is 1. The third kappa shape index (κ3) is 4.16. The zero-order valence-corrected chi connectivity index (χ0v) is 15.1. The van der Waals surface area contributed by atoms with E-state index >= 15 is 0 Å². The Morgan fingerprint density at radius 2 is 2.10 bits per heavy atom. The van der Waals surface area contributed by atoms with E-state index in [4.69, 9.17) is 0 Å². The molecule has 1 aliphatic rings. The van der Waals surface area contributed by atoms with Crippen LogP contribution in [0.4, 0.5) is 0 Å². The van der Waals surface area contributed by atoms with Crippen LogP contribution in [0.25, 0.3) is 10.6 Å². The van der Waals surface area contributed by atoms with E-state index in [1.54, 1.807) is 11.3 Å². The van der Waals surface area contributed by atoms with Crippen molar-refractivity contribution in [2.24, 2.45) is 4.99 Å². The van der Waals surface area contributed by atoms with Gasteiger partial charge in [-0.25, -0.2) is 4.98 Å². The Balaban J connectivity index is 0.00000161. The number of aliphatic imine (C=N–C) groups is 1. The summed E-state index contributed by atoms with van der Waals surface area (Å²) < 4.78 is 0. The van der Waals surface area contributed by atoms with E-state index < -0.39 is 0 Å². The summed E-state index contributed by atoms with van der Waals surface area (Å²) in [6, 6.07) is 10.3. The number of aromatic nitrogens is 1. The lowest BCUT2D eigenvalue weighted by Gasteiger charge is -2.14. The highest BCUT2D eigenvalue weighted by Gasteiger charge is 2.11. The van der Waals surface area contributed by atoms with Crippen molar-refractivity contribution in [3.8, 4) is 10.6 Å². The number of hydrogen-bond acceptors (Lipinski definition) is 5. The quantitative estimate of drug-likeness (QED) is 0.783. The first-order valence-electron chi connectivity index (χ1n) is 6.82. The fourth-order valence-electron chi connectivity index (χ4n) is 2.16. The Kier molecular flexibility index (Phi) is 5.98. The molecule has 6 heteroatoms. The number of halogens is 1. The van der Waals surface area contributed by atoms with Gasteiger partial charge >= 0.3 is 0 Å². The predicted molar refractivity (Wildman–Crippen MR) is 99.6 cm³/mol. The van der Waals surface area contributed by atoms with E-state index in [1.165, 1.54) is 5.56 Å². The molecule has 1 N–H and O–H groups in total. The average Bonchev–Trinajstić information content (AvgIpc) is 3.10. The van der Waals surface area contributed by atoms with Gasteiger partial charge in [-0.2, -0.15) is 0 Å². The molecule has 0 atom stereocenters. The molecule has 1 aliphatic heterocycles. The van der Waals surface area contributed by atoms with Crippen molar-refractivity contribution < 1.29 is 0 Å². The van der Waals surface area contributed by atoms with E-state index in [9.17, 15) is 0 Å². The summed E-state index contributed by atoms with van der Waals surface area (Å²) in [5.41, 5.74) is 2.33. The molecule has 0 bridgehead atoms. The number of hydrogen-bond donors (Lipinski definition) is 1. The second-order valence-corrected chi connectivity index (χ2v) is 5.67. The van der Waals surface area contributed by atoms with Gasteiger partial charge in [0.2, 0.25) is 0 Å². The third-order valence-corrected chi connectivity index (χ3v) is 4.24. The van der Waals surface area contributed by atoms with Gasteiger partial charge in [-0.1, -0.05) is 30.3 Å². The zero-order valence-electron chi connectivity index (χ0n) is 12.0. The van der Waals surface area contributed by atoms with Gasteiger partial charge in [-0.05, 0) is 0 Å². The molecule has 0 saturated heterocycles. The fourth-order valence-corrected chi connectivity index (χ4v) is 3.02. The maximum absolute atomic E-state index is 4.69. The molecule has 112 valence electrons. The van der Waals surface area contributed by atoms with E-state index in [0.717, 1.165) is 42.7 Å². The molecule has 1 aromatic carbocycles. The monoisotopic (exact) mass is 414 g/mol. The lowest BCUT2D eigenvalue weighted by atomic mass is 10.2. The van der Waals surface area contributed by atoms with Gasteiger partial charge in [0, 0.05) is 37.5 Å². The first-order valence-corrected chi connectivity index (χ1v) is 7.70. The Bertz CT molecular complexity index is 597. The Morgan fingerprint density at radius 3 is 2.81 bits per heavy atom. The largest absolute Gasteiger partial charge is 0.356 e. The molecular formula is C15H19IN4S. The molecule has 2 heterocycles. The summed E-state index contributed by atoms with van der Waals surface area (Å²) in [7, 11) is 2.06. The van der Waals surface area contributed by atoms with Crippen LogP contribution in [0.3, 0.4) is 0 Å². The van der Waals surface area contributed by atoms with Crippen LogP contribution in [0.1, 0.15) is 5.69 Å². The minimum absolute atomic E-state index is 0. The molecule has 4 nitrogen and oxygen atoms in total. The molecular weight excluding hydrogens is 395 g/mol. The number of guanidine groups is 1. The van der Waals surface area contributed by atoms with Crippen molar-refractivity contribution in [3.05, 3.63) is 41.4 Å². The van der Waals surface area contributed by atoms with Crippen molar-refractivity contribution >= 4 is 41.3 Å². The van der Waals surface area contributed by atoms with E-state index in [2.05, 4.69) is 44.8 Å². The molecule has 2 aromatic rings. The molecule has 3 rings (SSSR count). The van der Waals surface area contributed by atoms with Gasteiger partial charge < -0.3 is 10.2 Å². The Labute approximate surface area is 146 Å². The smallest absolute Gasteiger partial charge is 0.193 e. The van der Waals surface area contributed by atoms with Gasteiger partial charge in [0.05, 0.1) is 12.2 Å². The lowest BCUT2D eigenvalue weighted by Crippen LogP contribution is -2.36. The first-order chi connectivity index (χ1) is 9.83. The Hall–Kier alpha value is -1.15. The normalized spacial score (nSPS) is 13.8. The molecule has 0 fully saturated rings. The van der Waals surface area contributed by atoms with E-state index in [-0.39, 0.29) is 24.0 Å². The molecule has 0 saturated carbocycles. The van der Waals surface area contributed by atoms with Crippen molar-refractivity contribution in [1.29, 1.82) is 0 Å². The minimum atomic E-state index is 0. The van der Waals surface area contributed by atoms with E-state index in [0.29, 0.717) is 0 Å². The molecule has 0 radical (unpaired) electrons. The minimum Gasteiger partial charge on any atom is -0.356 e. The molecule has 0 unspecified atom stereocenters. The maximum atomic E-state index is 4.69. The summed E-state index contributed by atoms with van der Waals surface area (Å²) in [4.78, 5) is 11.3. The van der Waals surface area contributed by atoms with Crippen molar-refractivity contribution in [1.82, 2.24) is 15.2 Å². The molecule has 0 aliphatic carbocycles. The van der Waals surface area contributed by atoms with Crippen LogP contribution in [-0.2, 0) is 6.42 Å². The summed E-state index contributed by atoms with van der Waals surface area (Å²) in [5.74, 6) is 1.00. The van der Waals surface area contributed by atoms with Crippen molar-refractivity contribution in [3.63, 3.8) is 0 Å². The number of thiazole rings is 1. The van der Waals surface area contributed by atoms with Gasteiger partial charge in [-0.3, -0.25) is 4.99 Å². The third-order valence-electron chi connectivity index (χ3n) is 3.30. The summed E-state index contributed by atoms with van der Waals surface area (Å²) in [6.45, 7) is 2.78. The Morgan fingerprint density at radius 1 is 1.29 bits per heavy atom. The zero-order chi connectivity index (χ0) is 13.8. The van der Waals surface area contributed by atoms with Crippen LogP contribution in [0.2, 0.25) is 0 Å². The molecule has 21 heavy (non-hydrogen) atoms. The van der Waals surface area contributed by atoms with Crippen molar-refractivity contribution in [2.75, 3.05) is 26.7 Å². The van der Waals surface area contributed by atoms with Crippen LogP contribution in [-0.4, -0.2) is 42.5 Å². The standard InChI is InChI=1S/C15H18N4S.HI/c1-19-10-9-17-15(19)16-8-7-13-11-20-14(18-13)12-5-3-2-4-6-12;/h2-6,11H,7-10H2,1H3,(H,16,17);1H. The van der Waals surface area contributed by atoms with Gasteiger partial charge in [0.25, 0.3) is 0 Å². The SMILES string of the molecule is CN1CCN=C1NCCc1csc(-c2ccccc2)n1.I. The first kappa shape index (κ1) is 16.2. The number of likely N-dealkylation sites (N-methyl/N-ethyl adjacent to an activating group) is 1. The van der Waals surface area contributed by atoms with Crippen molar-refractivity contribution in [2.45, 2.75) is 6.42 Å². The maximum Gasteiger partial charge on any atom is 0.193 e. The summed E-state index contributed by atoms with van der Waals surface area (Å²) in [6.07, 6.45) is 0.927. The summed E-state index contributed by atoms with van der Waals surface area (Å²) >= 11 is 1.71. The van der Waals surface area contributed by atoms with Crippen LogP contribution >= 0.6 is 35.3 Å². The molecule has 0 spiro atoms. The highest BCUT2D eigenvalue weighted by molar-refractivity contribution is 14.0. The van der Waals surface area contributed by atoms with Crippen LogP contribution in [0, 0.1) is 0 Å². The van der Waals surface area contributed by atoms with E-state index in [1.807, 2.05) is 18.2 Å². The lowest BCUT2D eigenvalue weighted by molar-refractivity contribution is 0.534. The molecule has 1 aromatic heterocycles. The second-order valence-electron chi connectivity index (χ2n) is 4.81. The van der Waals surface area contributed by atoms with Gasteiger partial charge in [0.1, 0.15) is 5.01 Å². The predicted octanol–water partition coefficient (Wildman–Crippen LogP) is 2.86. The van der Waals surface area contributed by atoms with Crippen LogP contribution < -0.4 is 5.32 Å². The number of nitrogens with zero attached hydrogens (tertiary/aromatic N) is 3. The van der Waals surface area contributed by atoms with Crippen LogP contribution in [0.5, 0.6) is 0 Å². The van der Waals surface area contributed by atoms with Gasteiger partial charge in [0.15, 0.2) is 5.96 Å². The summed E-state index contributed by atoms with van der Waals surface area (Å²) in [5, 5.41) is 6.61. The fraction of sp³-hybridized carbons (Fsp3) is 0.333. The molecule has 0 amide bonds. The van der Waals surface area contributed by atoms with Crippen LogP contribution in [0.15, 0.2) is 40.7 Å². The number of rotatable bonds is 4. The highest BCUT2D eigenvalue weighted by Crippen LogP contribution is 2.23. The topological polar surface area (TPSA) is 40.5 Å². The average molecular weight is 414 g/mol. The van der Waals surface area contributed by atoms with Gasteiger partial charge in [-0.15, -0.1) is 35.3 Å². The highest BCUT2D eigenvalue weighted by atomic mass is 127. The number of benzene rings is 1. The second kappa shape index (κ2) is 7.74.